The van der Waals surface area contributed by atoms with Crippen LogP contribution in [0, 0.1) is 11.3 Å². The van der Waals surface area contributed by atoms with Gasteiger partial charge in [-0.2, -0.15) is 8.42 Å². The number of hydrogen-bond donors (Lipinski definition) is 3. The van der Waals surface area contributed by atoms with Crippen LogP contribution in [0.2, 0.25) is 0 Å². The van der Waals surface area contributed by atoms with E-state index in [2.05, 4.69) is 6.92 Å². The molecule has 9 heteroatoms. The zero-order valence-corrected chi connectivity index (χ0v) is 22.1. The second-order valence-electron chi connectivity index (χ2n) is 10.4. The Morgan fingerprint density at radius 2 is 1.30 bits per heavy atom. The molecule has 3 N–H and O–H groups in total. The van der Waals surface area contributed by atoms with Crippen LogP contribution in [0.25, 0.3) is 0 Å². The highest BCUT2D eigenvalue weighted by molar-refractivity contribution is 7.85. The topological polar surface area (TPSA) is 135 Å². The predicted molar refractivity (Wildman–Crippen MR) is 129 cm³/mol. The zero-order chi connectivity index (χ0) is 25.5. The van der Waals surface area contributed by atoms with Crippen molar-refractivity contribution in [2.45, 2.75) is 96.4 Å². The largest absolute Gasteiger partial charge is 0.544 e. The number of aliphatic hydroxyl groups is 2. The normalized spacial score (nSPS) is 14.9. The van der Waals surface area contributed by atoms with Gasteiger partial charge in [0.15, 0.2) is 0 Å². The van der Waals surface area contributed by atoms with Gasteiger partial charge in [0, 0.05) is 18.6 Å². The molecule has 0 amide bonds. The quantitative estimate of drug-likeness (QED) is 0.126. The van der Waals surface area contributed by atoms with Gasteiger partial charge >= 0.3 is 0 Å². The van der Waals surface area contributed by atoms with Gasteiger partial charge in [-0.1, -0.05) is 71.1 Å². The molecule has 0 rings (SSSR count). The Hall–Kier alpha value is -0.740. The van der Waals surface area contributed by atoms with Crippen molar-refractivity contribution < 1.29 is 37.6 Å². The summed E-state index contributed by atoms with van der Waals surface area (Å²) in [6.07, 6.45) is 11.5. The fourth-order valence-corrected chi connectivity index (χ4v) is 6.44. The Bertz CT molecular complexity index is 625. The number of quaternary nitrogens is 1. The summed E-state index contributed by atoms with van der Waals surface area (Å²) >= 11 is 0. The first-order valence-electron chi connectivity index (χ1n) is 12.5. The highest BCUT2D eigenvalue weighted by Gasteiger charge is 2.52. The molecule has 0 fully saturated rings. The Morgan fingerprint density at radius 1 is 0.879 bits per heavy atom. The lowest BCUT2D eigenvalue weighted by Gasteiger charge is -2.51. The summed E-state index contributed by atoms with van der Waals surface area (Å²) in [6, 6.07) is -1.16. The summed E-state index contributed by atoms with van der Waals surface area (Å²) < 4.78 is 33.4. The van der Waals surface area contributed by atoms with Gasteiger partial charge < -0.3 is 24.6 Å². The van der Waals surface area contributed by atoms with Crippen LogP contribution in [0.5, 0.6) is 0 Å². The molecule has 0 aliphatic carbocycles. The number of carboxylic acid groups (broad SMARTS) is 1. The van der Waals surface area contributed by atoms with Crippen molar-refractivity contribution in [1.29, 1.82) is 0 Å². The molecule has 0 saturated carbocycles. The van der Waals surface area contributed by atoms with Crippen LogP contribution in [0.4, 0.5) is 0 Å². The van der Waals surface area contributed by atoms with E-state index in [4.69, 9.17) is 0 Å². The van der Waals surface area contributed by atoms with E-state index in [1.807, 2.05) is 0 Å². The SMILES string of the molecule is CCCCCCCCCCCCC(CS(=O)(=O)O)C(CCO)(CCO)C(C(=O)[O-])[N+](C)(C)C. The lowest BCUT2D eigenvalue weighted by Crippen LogP contribution is -2.65. The molecule has 0 saturated heterocycles. The van der Waals surface area contributed by atoms with E-state index in [1.165, 1.54) is 38.5 Å². The van der Waals surface area contributed by atoms with Crippen LogP contribution in [0.3, 0.4) is 0 Å². The maximum absolute atomic E-state index is 12.3. The molecular formula is C24H49NO7S. The van der Waals surface area contributed by atoms with E-state index in [1.54, 1.807) is 21.1 Å². The molecule has 0 aliphatic rings. The van der Waals surface area contributed by atoms with Gasteiger partial charge in [0.1, 0.15) is 6.04 Å². The Balaban J connectivity index is 5.46. The van der Waals surface area contributed by atoms with Gasteiger partial charge in [-0.25, -0.2) is 0 Å². The number of unbranched alkanes of at least 4 members (excludes halogenated alkanes) is 9. The number of rotatable bonds is 21. The van der Waals surface area contributed by atoms with Crippen molar-refractivity contribution in [2.75, 3.05) is 40.1 Å². The summed E-state index contributed by atoms with van der Waals surface area (Å²) in [6.45, 7) is 1.48. The molecule has 0 bridgehead atoms. The van der Waals surface area contributed by atoms with E-state index in [0.717, 1.165) is 19.3 Å². The smallest absolute Gasteiger partial charge is 0.265 e. The molecule has 0 aromatic heterocycles. The van der Waals surface area contributed by atoms with Crippen molar-refractivity contribution in [2.24, 2.45) is 11.3 Å². The van der Waals surface area contributed by atoms with Crippen molar-refractivity contribution in [1.82, 2.24) is 0 Å². The van der Waals surface area contributed by atoms with Crippen molar-refractivity contribution in [3.63, 3.8) is 0 Å². The number of likely N-dealkylation sites (N-methyl/N-ethyl adjacent to an activating group) is 1. The molecular weight excluding hydrogens is 446 g/mol. The maximum atomic E-state index is 12.3. The Labute approximate surface area is 201 Å². The molecule has 2 unspecified atom stereocenters. The molecule has 0 heterocycles. The molecule has 0 aromatic rings. The Kier molecular flexibility index (Phi) is 15.7. The van der Waals surface area contributed by atoms with Crippen LogP contribution < -0.4 is 5.11 Å². The molecule has 0 radical (unpaired) electrons. The number of hydrogen-bond acceptors (Lipinski definition) is 6. The van der Waals surface area contributed by atoms with Gasteiger partial charge in [-0.15, -0.1) is 0 Å². The zero-order valence-electron chi connectivity index (χ0n) is 21.3. The van der Waals surface area contributed by atoms with Crippen LogP contribution >= 0.6 is 0 Å². The fraction of sp³-hybridized carbons (Fsp3) is 0.958. The van der Waals surface area contributed by atoms with Gasteiger partial charge in [0.05, 0.1) is 32.9 Å². The van der Waals surface area contributed by atoms with E-state index in [-0.39, 0.29) is 30.5 Å². The summed E-state index contributed by atoms with van der Waals surface area (Å²) in [7, 11) is 0.633. The fourth-order valence-electron chi connectivity index (χ4n) is 5.44. The third-order valence-corrected chi connectivity index (χ3v) is 7.65. The number of aliphatic hydroxyl groups excluding tert-OH is 2. The van der Waals surface area contributed by atoms with Gasteiger partial charge in [-0.05, 0) is 25.2 Å². The molecule has 198 valence electrons. The molecule has 0 aliphatic heterocycles. The van der Waals surface area contributed by atoms with E-state index >= 15 is 0 Å². The third kappa shape index (κ3) is 12.5. The summed E-state index contributed by atoms with van der Waals surface area (Å²) in [5.41, 5.74) is -1.24. The third-order valence-electron chi connectivity index (χ3n) is 6.83. The minimum Gasteiger partial charge on any atom is -0.544 e. The number of carbonyl (C=O) groups excluding carboxylic acids is 1. The maximum Gasteiger partial charge on any atom is 0.265 e. The van der Waals surface area contributed by atoms with Crippen LogP contribution in [-0.2, 0) is 14.9 Å². The van der Waals surface area contributed by atoms with Crippen molar-refractivity contribution in [3.05, 3.63) is 0 Å². The number of nitrogens with zero attached hydrogens (tertiary/aromatic N) is 1. The number of aliphatic carboxylic acids is 1. The van der Waals surface area contributed by atoms with Crippen LogP contribution in [0.1, 0.15) is 90.4 Å². The first-order valence-corrected chi connectivity index (χ1v) is 14.2. The lowest BCUT2D eigenvalue weighted by molar-refractivity contribution is -0.898. The minimum absolute atomic E-state index is 0.000324. The first-order chi connectivity index (χ1) is 15.4. The van der Waals surface area contributed by atoms with E-state index in [0.29, 0.717) is 12.8 Å². The van der Waals surface area contributed by atoms with Gasteiger partial charge in [-0.3, -0.25) is 4.55 Å². The predicted octanol–water partition coefficient (Wildman–Crippen LogP) is 2.38. The standard InChI is InChI=1S/C24H49NO7S/c1-5-6-7-8-9-10-11-12-13-14-15-21(20-33(30,31)32)24(16-18-26,17-19-27)22(23(28)29)25(2,3)4/h21-22,26-27H,5-20H2,1-4H3,(H-,28,29,30,31,32). The second kappa shape index (κ2) is 16.0. The highest BCUT2D eigenvalue weighted by atomic mass is 32.2. The van der Waals surface area contributed by atoms with Crippen molar-refractivity contribution >= 4 is 16.1 Å². The van der Waals surface area contributed by atoms with Crippen LogP contribution in [-0.4, -0.2) is 79.8 Å². The summed E-state index contributed by atoms with van der Waals surface area (Å²) in [5, 5.41) is 31.9. The summed E-state index contributed by atoms with van der Waals surface area (Å²) in [4.78, 5) is 12.3. The molecule has 0 aromatic carbocycles. The Morgan fingerprint density at radius 3 is 1.64 bits per heavy atom. The second-order valence-corrected chi connectivity index (χ2v) is 11.9. The molecule has 2 atom stereocenters. The molecule has 0 spiro atoms. The van der Waals surface area contributed by atoms with Crippen molar-refractivity contribution in [3.8, 4) is 0 Å². The number of carbonyl (C=O) groups is 1. The molecule has 8 nitrogen and oxygen atoms in total. The summed E-state index contributed by atoms with van der Waals surface area (Å²) in [5.74, 6) is -2.69. The van der Waals surface area contributed by atoms with Gasteiger partial charge in [0.2, 0.25) is 0 Å². The first kappa shape index (κ1) is 32.3. The molecule has 33 heavy (non-hydrogen) atoms. The number of carboxylic acids is 1. The average Bonchev–Trinajstić information content (AvgIpc) is 2.66. The highest BCUT2D eigenvalue weighted by Crippen LogP contribution is 2.45. The van der Waals surface area contributed by atoms with E-state index < -0.39 is 39.2 Å². The lowest BCUT2D eigenvalue weighted by atomic mass is 9.63. The monoisotopic (exact) mass is 495 g/mol. The average molecular weight is 496 g/mol. The van der Waals surface area contributed by atoms with E-state index in [9.17, 15) is 33.1 Å². The van der Waals surface area contributed by atoms with Gasteiger partial charge in [0.25, 0.3) is 10.1 Å². The van der Waals surface area contributed by atoms with Crippen LogP contribution in [0.15, 0.2) is 0 Å². The minimum atomic E-state index is -4.39.